The van der Waals surface area contributed by atoms with E-state index in [-0.39, 0.29) is 11.3 Å². The lowest BCUT2D eigenvalue weighted by molar-refractivity contribution is -0.463. The molecule has 0 saturated heterocycles. The SMILES string of the molecule is CC(=O)CC(C)(C)[NH3+].O=C([O-])c1cc([N+](=O)[O-])cc([N+](=O)[O-])c1. The molecule has 0 fully saturated rings. The van der Waals surface area contributed by atoms with Crippen molar-refractivity contribution in [3.8, 4) is 0 Å². The van der Waals surface area contributed by atoms with E-state index in [2.05, 4.69) is 5.73 Å². The van der Waals surface area contributed by atoms with Crippen LogP contribution >= 0.6 is 0 Å². The van der Waals surface area contributed by atoms with Gasteiger partial charge in [-0.1, -0.05) is 0 Å². The predicted molar refractivity (Wildman–Crippen MR) is 76.3 cm³/mol. The Morgan fingerprint density at radius 2 is 1.48 bits per heavy atom. The maximum Gasteiger partial charge on any atom is 0.276 e. The van der Waals surface area contributed by atoms with Gasteiger partial charge in [0.15, 0.2) is 0 Å². The molecule has 0 aromatic heterocycles. The normalized spacial score (nSPS) is 10.3. The van der Waals surface area contributed by atoms with Crippen molar-refractivity contribution in [2.75, 3.05) is 0 Å². The number of nitro groups is 2. The molecule has 126 valence electrons. The van der Waals surface area contributed by atoms with Crippen LogP contribution in [-0.2, 0) is 4.79 Å². The Labute approximate surface area is 131 Å². The summed E-state index contributed by atoms with van der Waals surface area (Å²) in [7, 11) is 0. The summed E-state index contributed by atoms with van der Waals surface area (Å²) in [5.74, 6) is -1.49. The van der Waals surface area contributed by atoms with E-state index in [1.54, 1.807) is 6.92 Å². The van der Waals surface area contributed by atoms with Gasteiger partial charge >= 0.3 is 0 Å². The average Bonchev–Trinajstić information content (AvgIpc) is 2.35. The lowest BCUT2D eigenvalue weighted by Gasteiger charge is -2.10. The van der Waals surface area contributed by atoms with Gasteiger partial charge in [0.1, 0.15) is 5.78 Å². The summed E-state index contributed by atoms with van der Waals surface area (Å²) < 4.78 is 0. The minimum atomic E-state index is -1.71. The number of carboxylic acid groups (broad SMARTS) is 1. The topological polar surface area (TPSA) is 171 Å². The third-order valence-electron chi connectivity index (χ3n) is 2.29. The molecule has 0 aliphatic heterocycles. The van der Waals surface area contributed by atoms with Crippen LogP contribution in [0.25, 0.3) is 0 Å². The number of aromatic carboxylic acids is 1. The molecule has 0 heterocycles. The van der Waals surface area contributed by atoms with E-state index in [0.29, 0.717) is 24.6 Å². The Kier molecular flexibility index (Phi) is 6.95. The van der Waals surface area contributed by atoms with Gasteiger partial charge in [-0.15, -0.1) is 0 Å². The Balaban J connectivity index is 0.000000515. The van der Waals surface area contributed by atoms with Crippen molar-refractivity contribution in [1.29, 1.82) is 0 Å². The Hall–Kier alpha value is -2.88. The van der Waals surface area contributed by atoms with Crippen LogP contribution in [0.1, 0.15) is 37.6 Å². The number of benzene rings is 1. The highest BCUT2D eigenvalue weighted by Gasteiger charge is 2.17. The number of hydrogen-bond donors (Lipinski definition) is 1. The Bertz CT molecular complexity index is 556. The van der Waals surface area contributed by atoms with Gasteiger partial charge < -0.3 is 15.6 Å². The first-order valence-electron chi connectivity index (χ1n) is 6.33. The highest BCUT2D eigenvalue weighted by Crippen LogP contribution is 2.22. The molecule has 1 rings (SSSR count). The molecule has 0 amide bonds. The van der Waals surface area contributed by atoms with Crippen molar-refractivity contribution >= 4 is 23.1 Å². The fraction of sp³-hybridized carbons (Fsp3) is 0.385. The van der Waals surface area contributed by atoms with Crippen molar-refractivity contribution < 1.29 is 30.3 Å². The Morgan fingerprint density at radius 1 is 1.09 bits per heavy atom. The molecular formula is C13H17N3O7. The number of carbonyl (C=O) groups excluding carboxylic acids is 2. The number of nitro benzene ring substituents is 2. The van der Waals surface area contributed by atoms with Gasteiger partial charge in [-0.05, 0) is 20.8 Å². The molecule has 0 aliphatic carbocycles. The lowest BCUT2D eigenvalue weighted by atomic mass is 10.0. The number of carboxylic acids is 1. The van der Waals surface area contributed by atoms with E-state index >= 15 is 0 Å². The number of ketones is 1. The monoisotopic (exact) mass is 327 g/mol. The maximum absolute atomic E-state index is 10.4. The molecule has 1 aromatic rings. The second-order valence-electron chi connectivity index (χ2n) is 5.58. The van der Waals surface area contributed by atoms with Gasteiger partial charge in [0.25, 0.3) is 11.4 Å². The number of nitrogens with zero attached hydrogens (tertiary/aromatic N) is 2. The van der Waals surface area contributed by atoms with Crippen LogP contribution in [0, 0.1) is 20.2 Å². The van der Waals surface area contributed by atoms with E-state index < -0.39 is 32.8 Å². The smallest absolute Gasteiger partial charge is 0.276 e. The largest absolute Gasteiger partial charge is 0.545 e. The fourth-order valence-corrected chi connectivity index (χ4v) is 1.60. The zero-order valence-electron chi connectivity index (χ0n) is 12.9. The van der Waals surface area contributed by atoms with Crippen LogP contribution < -0.4 is 10.8 Å². The standard InChI is InChI=1S/C7H4N2O6.C6H13NO/c10-7(11)4-1-5(8(12)13)3-6(2-4)9(14)15;1-5(8)4-6(2,3)7/h1-3H,(H,10,11);4,7H2,1-3H3. The first kappa shape index (κ1) is 20.1. The number of rotatable bonds is 5. The molecule has 0 bridgehead atoms. The van der Waals surface area contributed by atoms with Gasteiger partial charge in [-0.3, -0.25) is 25.0 Å². The second-order valence-corrected chi connectivity index (χ2v) is 5.58. The number of hydrogen-bond acceptors (Lipinski definition) is 7. The summed E-state index contributed by atoms with van der Waals surface area (Å²) in [6.45, 7) is 5.50. The average molecular weight is 327 g/mol. The van der Waals surface area contributed by atoms with E-state index in [0.717, 1.165) is 0 Å². The molecule has 10 nitrogen and oxygen atoms in total. The van der Waals surface area contributed by atoms with Gasteiger partial charge in [0, 0.05) is 17.7 Å². The third-order valence-corrected chi connectivity index (χ3v) is 2.29. The highest BCUT2D eigenvalue weighted by atomic mass is 16.6. The van der Waals surface area contributed by atoms with Crippen LogP contribution in [0.3, 0.4) is 0 Å². The van der Waals surface area contributed by atoms with Crippen molar-refractivity contribution in [2.45, 2.75) is 32.7 Å². The molecule has 10 heteroatoms. The minimum absolute atomic E-state index is 0.0775. The highest BCUT2D eigenvalue weighted by molar-refractivity contribution is 5.87. The van der Waals surface area contributed by atoms with Crippen molar-refractivity contribution in [2.24, 2.45) is 0 Å². The molecule has 23 heavy (non-hydrogen) atoms. The predicted octanol–water partition coefficient (Wildman–Crippen LogP) is -0.147. The van der Waals surface area contributed by atoms with Gasteiger partial charge in [0.05, 0.1) is 33.8 Å². The summed E-state index contributed by atoms with van der Waals surface area (Å²) in [5, 5.41) is 31.0. The zero-order chi connectivity index (χ0) is 18.4. The number of non-ortho nitro benzene ring substituents is 2. The molecule has 0 aliphatic rings. The quantitative estimate of drug-likeness (QED) is 0.578. The van der Waals surface area contributed by atoms with E-state index in [1.807, 2.05) is 13.8 Å². The van der Waals surface area contributed by atoms with Gasteiger partial charge in [-0.25, -0.2) is 0 Å². The summed E-state index contributed by atoms with van der Waals surface area (Å²) in [5.41, 5.74) is 1.78. The summed E-state index contributed by atoms with van der Waals surface area (Å²) in [6, 6.07) is 2.07. The van der Waals surface area contributed by atoms with Crippen molar-refractivity contribution in [1.82, 2.24) is 0 Å². The maximum atomic E-state index is 10.4. The molecule has 3 N–H and O–H groups in total. The van der Waals surface area contributed by atoms with E-state index in [9.17, 15) is 34.9 Å². The van der Waals surface area contributed by atoms with Gasteiger partial charge in [-0.2, -0.15) is 0 Å². The first-order chi connectivity index (χ1) is 10.3. The fourth-order valence-electron chi connectivity index (χ4n) is 1.60. The molecule has 0 spiro atoms. The molecule has 0 atom stereocenters. The van der Waals surface area contributed by atoms with Crippen molar-refractivity contribution in [3.63, 3.8) is 0 Å². The van der Waals surface area contributed by atoms with Crippen molar-refractivity contribution in [3.05, 3.63) is 44.0 Å². The lowest BCUT2D eigenvalue weighted by Crippen LogP contribution is -2.69. The molecule has 1 aromatic carbocycles. The van der Waals surface area contributed by atoms with E-state index in [4.69, 9.17) is 0 Å². The number of quaternary nitrogens is 1. The van der Waals surface area contributed by atoms with Gasteiger partial charge in [0.2, 0.25) is 0 Å². The summed E-state index contributed by atoms with van der Waals surface area (Å²) >= 11 is 0. The van der Waals surface area contributed by atoms with Crippen LogP contribution in [0.2, 0.25) is 0 Å². The van der Waals surface area contributed by atoms with Crippen LogP contribution in [0.4, 0.5) is 11.4 Å². The van der Waals surface area contributed by atoms with Crippen LogP contribution in [0.15, 0.2) is 18.2 Å². The van der Waals surface area contributed by atoms with Crippen LogP contribution in [0.5, 0.6) is 0 Å². The first-order valence-corrected chi connectivity index (χ1v) is 6.33. The molecule has 0 saturated carbocycles. The Morgan fingerprint density at radius 3 is 1.65 bits per heavy atom. The summed E-state index contributed by atoms with van der Waals surface area (Å²) in [6.07, 6.45) is 0.576. The summed E-state index contributed by atoms with van der Waals surface area (Å²) in [4.78, 5) is 39.6. The molecule has 0 unspecified atom stereocenters. The number of Topliss-reactive ketones (excluding diaryl/α,β-unsaturated/α-hetero) is 1. The third kappa shape index (κ3) is 8.21. The van der Waals surface area contributed by atoms with Crippen LogP contribution in [-0.4, -0.2) is 27.1 Å². The number of carbonyl (C=O) groups is 2. The molecule has 0 radical (unpaired) electrons. The molecular weight excluding hydrogens is 310 g/mol. The zero-order valence-corrected chi connectivity index (χ0v) is 12.9. The minimum Gasteiger partial charge on any atom is -0.545 e. The van der Waals surface area contributed by atoms with E-state index in [1.165, 1.54) is 0 Å². The second kappa shape index (κ2) is 7.94.